The molecule has 3 rings (SSSR count). The molecular formula is C17H17N3OS. The molecule has 3 N–H and O–H groups in total. The third kappa shape index (κ3) is 2.67. The summed E-state index contributed by atoms with van der Waals surface area (Å²) in [5, 5.41) is 3.22. The quantitative estimate of drug-likeness (QED) is 0.698. The van der Waals surface area contributed by atoms with Crippen molar-refractivity contribution in [2.75, 3.05) is 5.32 Å². The Morgan fingerprint density at radius 2 is 1.91 bits per heavy atom. The molecule has 0 unspecified atom stereocenters. The fourth-order valence-electron chi connectivity index (χ4n) is 2.52. The van der Waals surface area contributed by atoms with Gasteiger partial charge in [0.15, 0.2) is 10.7 Å². The van der Waals surface area contributed by atoms with Gasteiger partial charge < -0.3 is 15.5 Å². The normalized spacial score (nSPS) is 10.9. The van der Waals surface area contributed by atoms with E-state index < -0.39 is 0 Å². The molecule has 0 aliphatic rings. The molecular weight excluding hydrogens is 294 g/mol. The number of aryl methyl sites for hydroxylation is 3. The van der Waals surface area contributed by atoms with Gasteiger partial charge in [0, 0.05) is 11.3 Å². The van der Waals surface area contributed by atoms with E-state index in [1.165, 1.54) is 5.56 Å². The van der Waals surface area contributed by atoms with Crippen molar-refractivity contribution < 1.29 is 4.42 Å². The zero-order valence-corrected chi connectivity index (χ0v) is 13.5. The van der Waals surface area contributed by atoms with Gasteiger partial charge in [0.2, 0.25) is 5.89 Å². The van der Waals surface area contributed by atoms with E-state index in [4.69, 9.17) is 22.4 Å². The summed E-state index contributed by atoms with van der Waals surface area (Å²) in [6, 6.07) is 10.0. The first-order valence-corrected chi connectivity index (χ1v) is 7.40. The number of aromatic nitrogens is 1. The number of nitrogens with one attached hydrogen (secondary N) is 1. The third-order valence-corrected chi connectivity index (χ3v) is 3.66. The van der Waals surface area contributed by atoms with E-state index in [1.54, 1.807) is 0 Å². The number of nitrogens with two attached hydrogens (primary N) is 1. The monoisotopic (exact) mass is 311 g/mol. The first-order chi connectivity index (χ1) is 10.4. The molecule has 0 atom stereocenters. The lowest BCUT2D eigenvalue weighted by Crippen LogP contribution is -2.19. The van der Waals surface area contributed by atoms with Crippen molar-refractivity contribution in [2.45, 2.75) is 20.8 Å². The molecule has 0 aliphatic heterocycles. The lowest BCUT2D eigenvalue weighted by molar-refractivity contribution is 0.617. The van der Waals surface area contributed by atoms with Gasteiger partial charge in [-0.15, -0.1) is 0 Å². The molecule has 0 saturated carbocycles. The molecule has 0 bridgehead atoms. The maximum Gasteiger partial charge on any atom is 0.227 e. The van der Waals surface area contributed by atoms with Crippen LogP contribution in [0.4, 0.5) is 5.69 Å². The predicted molar refractivity (Wildman–Crippen MR) is 94.1 cm³/mol. The van der Waals surface area contributed by atoms with Crippen molar-refractivity contribution in [1.82, 2.24) is 4.98 Å². The molecule has 112 valence electrons. The number of anilines is 1. The minimum Gasteiger partial charge on any atom is -0.436 e. The van der Waals surface area contributed by atoms with Gasteiger partial charge in [-0.05, 0) is 67.9 Å². The van der Waals surface area contributed by atoms with E-state index in [9.17, 15) is 0 Å². The van der Waals surface area contributed by atoms with E-state index in [0.29, 0.717) is 5.89 Å². The van der Waals surface area contributed by atoms with Crippen molar-refractivity contribution in [1.29, 1.82) is 0 Å². The van der Waals surface area contributed by atoms with Crippen LogP contribution in [0.25, 0.3) is 22.6 Å². The lowest BCUT2D eigenvalue weighted by Gasteiger charge is -2.08. The highest BCUT2D eigenvalue weighted by atomic mass is 32.1. The molecule has 3 aromatic rings. The van der Waals surface area contributed by atoms with Crippen LogP contribution in [0, 0.1) is 20.8 Å². The summed E-state index contributed by atoms with van der Waals surface area (Å²) >= 11 is 4.91. The highest BCUT2D eigenvalue weighted by Crippen LogP contribution is 2.29. The second-order valence-corrected chi connectivity index (χ2v) is 5.91. The summed E-state index contributed by atoms with van der Waals surface area (Å²) in [7, 11) is 0. The van der Waals surface area contributed by atoms with E-state index in [-0.39, 0.29) is 5.11 Å². The van der Waals surface area contributed by atoms with Crippen molar-refractivity contribution in [3.8, 4) is 11.5 Å². The number of nitrogens with zero attached hydrogens (tertiary/aromatic N) is 1. The van der Waals surface area contributed by atoms with E-state index in [0.717, 1.165) is 33.5 Å². The zero-order chi connectivity index (χ0) is 15.9. The van der Waals surface area contributed by atoms with Gasteiger partial charge in [0.05, 0.1) is 0 Å². The summed E-state index contributed by atoms with van der Waals surface area (Å²) < 4.78 is 5.94. The Bertz CT molecular complexity index is 883. The summed E-state index contributed by atoms with van der Waals surface area (Å²) in [5.41, 5.74) is 12.3. The molecule has 0 amide bonds. The van der Waals surface area contributed by atoms with Gasteiger partial charge in [0.25, 0.3) is 0 Å². The molecule has 2 aromatic carbocycles. The molecule has 22 heavy (non-hydrogen) atoms. The topological polar surface area (TPSA) is 64.1 Å². The Morgan fingerprint density at radius 3 is 2.64 bits per heavy atom. The van der Waals surface area contributed by atoms with Crippen LogP contribution in [0.3, 0.4) is 0 Å². The number of fused-ring (bicyclic) bond motifs is 1. The number of benzene rings is 2. The van der Waals surface area contributed by atoms with Crippen molar-refractivity contribution in [2.24, 2.45) is 5.73 Å². The molecule has 0 spiro atoms. The van der Waals surface area contributed by atoms with Crippen molar-refractivity contribution in [3.63, 3.8) is 0 Å². The van der Waals surface area contributed by atoms with Gasteiger partial charge in [-0.25, -0.2) is 4.98 Å². The van der Waals surface area contributed by atoms with Crippen LogP contribution < -0.4 is 11.1 Å². The number of thiocarbonyl (C=S) groups is 1. The first kappa shape index (κ1) is 14.5. The van der Waals surface area contributed by atoms with E-state index >= 15 is 0 Å². The Labute approximate surface area is 134 Å². The minimum atomic E-state index is 0.240. The maximum atomic E-state index is 5.94. The number of hydrogen-bond acceptors (Lipinski definition) is 3. The molecule has 4 nitrogen and oxygen atoms in total. The fourth-order valence-corrected chi connectivity index (χ4v) is 2.63. The van der Waals surface area contributed by atoms with E-state index in [2.05, 4.69) is 23.3 Å². The predicted octanol–water partition coefficient (Wildman–Crippen LogP) is 4.08. The Balaban J connectivity index is 2.11. The van der Waals surface area contributed by atoms with Crippen LogP contribution >= 0.6 is 12.2 Å². The molecule has 1 heterocycles. The van der Waals surface area contributed by atoms with Crippen LogP contribution in [-0.4, -0.2) is 10.1 Å². The highest BCUT2D eigenvalue weighted by Gasteiger charge is 2.12. The molecule has 0 aliphatic carbocycles. The summed E-state index contributed by atoms with van der Waals surface area (Å²) in [4.78, 5) is 4.60. The number of hydrogen-bond donors (Lipinski definition) is 2. The van der Waals surface area contributed by atoms with Crippen molar-refractivity contribution in [3.05, 3.63) is 47.0 Å². The first-order valence-electron chi connectivity index (χ1n) is 6.99. The summed E-state index contributed by atoms with van der Waals surface area (Å²) in [5.74, 6) is 0.592. The van der Waals surface area contributed by atoms with Gasteiger partial charge in [-0.2, -0.15) is 0 Å². The second-order valence-electron chi connectivity index (χ2n) is 5.47. The Hall–Kier alpha value is -2.40. The van der Waals surface area contributed by atoms with Crippen LogP contribution in [0.5, 0.6) is 0 Å². The highest BCUT2D eigenvalue weighted by molar-refractivity contribution is 7.80. The lowest BCUT2D eigenvalue weighted by atomic mass is 10.1. The van der Waals surface area contributed by atoms with Crippen LogP contribution in [-0.2, 0) is 0 Å². The average molecular weight is 311 g/mol. The van der Waals surface area contributed by atoms with Gasteiger partial charge >= 0.3 is 0 Å². The van der Waals surface area contributed by atoms with Gasteiger partial charge in [0.1, 0.15) is 5.52 Å². The number of rotatable bonds is 2. The summed E-state index contributed by atoms with van der Waals surface area (Å²) in [6.45, 7) is 6.07. The number of oxazole rings is 1. The smallest absolute Gasteiger partial charge is 0.227 e. The molecule has 0 saturated heterocycles. The second kappa shape index (κ2) is 5.42. The molecule has 0 fully saturated rings. The van der Waals surface area contributed by atoms with Crippen LogP contribution in [0.2, 0.25) is 0 Å². The SMILES string of the molecule is Cc1cc(C)c2oc(-c3ccc(C)c(NC(N)=S)c3)nc2c1. The Kier molecular flexibility index (Phi) is 3.58. The van der Waals surface area contributed by atoms with Gasteiger partial charge in [-0.3, -0.25) is 0 Å². The van der Waals surface area contributed by atoms with Gasteiger partial charge in [-0.1, -0.05) is 12.1 Å². The largest absolute Gasteiger partial charge is 0.436 e. The summed E-state index contributed by atoms with van der Waals surface area (Å²) in [6.07, 6.45) is 0. The van der Waals surface area contributed by atoms with Crippen LogP contribution in [0.15, 0.2) is 34.7 Å². The molecule has 1 aromatic heterocycles. The fraction of sp³-hybridized carbons (Fsp3) is 0.176. The molecule has 5 heteroatoms. The van der Waals surface area contributed by atoms with Crippen LogP contribution in [0.1, 0.15) is 16.7 Å². The minimum absolute atomic E-state index is 0.240. The van der Waals surface area contributed by atoms with Crippen molar-refractivity contribution >= 4 is 34.1 Å². The standard InChI is InChI=1S/C17H17N3OS/c1-9-6-11(3)15-14(7-9)19-16(21-15)12-5-4-10(2)13(8-12)20-17(18)22/h4-8H,1-3H3,(H3,18,20,22). The zero-order valence-electron chi connectivity index (χ0n) is 12.7. The molecule has 0 radical (unpaired) electrons. The third-order valence-electron chi connectivity index (χ3n) is 3.56. The average Bonchev–Trinajstić information content (AvgIpc) is 2.85. The Morgan fingerprint density at radius 1 is 1.14 bits per heavy atom. The van der Waals surface area contributed by atoms with E-state index in [1.807, 2.05) is 38.1 Å². The maximum absolute atomic E-state index is 5.94.